The molecule has 0 spiro atoms. The Bertz CT molecular complexity index is 421. The van der Waals surface area contributed by atoms with Crippen LogP contribution in [0.5, 0.6) is 0 Å². The fourth-order valence-electron chi connectivity index (χ4n) is 2.80. The zero-order chi connectivity index (χ0) is 14.4. The summed E-state index contributed by atoms with van der Waals surface area (Å²) in [5, 5.41) is 3.38. The summed E-state index contributed by atoms with van der Waals surface area (Å²) in [5.74, 6) is 0.836. The summed E-state index contributed by atoms with van der Waals surface area (Å²) in [6.45, 7) is 8.12. The molecule has 1 aliphatic heterocycles. The number of amides is 1. The van der Waals surface area contributed by atoms with Gasteiger partial charge in [-0.15, -0.1) is 0 Å². The lowest BCUT2D eigenvalue weighted by Crippen LogP contribution is -2.39. The van der Waals surface area contributed by atoms with Crippen molar-refractivity contribution in [2.75, 3.05) is 26.2 Å². The maximum atomic E-state index is 12.6. The number of rotatable bonds is 5. The number of aryl methyl sites for hydroxylation is 1. The highest BCUT2D eigenvalue weighted by Crippen LogP contribution is 2.16. The number of carbonyl (C=O) groups is 1. The summed E-state index contributed by atoms with van der Waals surface area (Å²) >= 11 is 0. The third-order valence-corrected chi connectivity index (χ3v) is 4.02. The van der Waals surface area contributed by atoms with E-state index in [1.165, 1.54) is 18.4 Å². The van der Waals surface area contributed by atoms with Crippen molar-refractivity contribution in [3.8, 4) is 0 Å². The van der Waals surface area contributed by atoms with E-state index in [0.717, 1.165) is 38.2 Å². The van der Waals surface area contributed by atoms with Gasteiger partial charge in [-0.1, -0.05) is 24.6 Å². The molecule has 0 unspecified atom stereocenters. The minimum absolute atomic E-state index is 0.186. The Hall–Kier alpha value is -1.35. The third-order valence-electron chi connectivity index (χ3n) is 4.02. The van der Waals surface area contributed by atoms with Gasteiger partial charge in [-0.3, -0.25) is 4.79 Å². The van der Waals surface area contributed by atoms with Gasteiger partial charge in [0.25, 0.3) is 5.91 Å². The summed E-state index contributed by atoms with van der Waals surface area (Å²) in [6, 6.07) is 7.93. The molecule has 0 radical (unpaired) electrons. The second kappa shape index (κ2) is 7.44. The summed E-state index contributed by atoms with van der Waals surface area (Å²) in [4.78, 5) is 14.7. The van der Waals surface area contributed by atoms with E-state index >= 15 is 0 Å². The highest BCUT2D eigenvalue weighted by atomic mass is 16.2. The molecule has 20 heavy (non-hydrogen) atoms. The van der Waals surface area contributed by atoms with Crippen LogP contribution in [0.25, 0.3) is 0 Å². The van der Waals surface area contributed by atoms with Crippen LogP contribution in [0.4, 0.5) is 0 Å². The van der Waals surface area contributed by atoms with Crippen molar-refractivity contribution in [1.82, 2.24) is 10.2 Å². The van der Waals surface area contributed by atoms with Gasteiger partial charge >= 0.3 is 0 Å². The summed E-state index contributed by atoms with van der Waals surface area (Å²) in [7, 11) is 0. The Kier molecular flexibility index (Phi) is 5.60. The van der Waals surface area contributed by atoms with Gasteiger partial charge in [0.1, 0.15) is 0 Å². The third kappa shape index (κ3) is 4.07. The molecule has 110 valence electrons. The minimum Gasteiger partial charge on any atom is -0.338 e. The molecular weight excluding hydrogens is 248 g/mol. The van der Waals surface area contributed by atoms with Crippen LogP contribution in [0, 0.1) is 12.8 Å². The number of hydrogen-bond acceptors (Lipinski definition) is 2. The largest absolute Gasteiger partial charge is 0.338 e. The Labute approximate surface area is 122 Å². The van der Waals surface area contributed by atoms with Crippen LogP contribution in [0.1, 0.15) is 42.1 Å². The zero-order valence-electron chi connectivity index (χ0n) is 12.7. The van der Waals surface area contributed by atoms with Gasteiger partial charge in [0.15, 0.2) is 0 Å². The van der Waals surface area contributed by atoms with Crippen LogP contribution >= 0.6 is 0 Å². The summed E-state index contributed by atoms with van der Waals surface area (Å²) in [6.07, 6.45) is 3.38. The fraction of sp³-hybridized carbons (Fsp3) is 0.588. The molecule has 0 aromatic heterocycles. The minimum atomic E-state index is 0.186. The SMILES string of the molecule is CCCN(CC1CCNCC1)C(=O)c1ccc(C)cc1. The second-order valence-electron chi connectivity index (χ2n) is 5.81. The van der Waals surface area contributed by atoms with E-state index in [0.29, 0.717) is 5.92 Å². The van der Waals surface area contributed by atoms with Crippen molar-refractivity contribution in [1.29, 1.82) is 0 Å². The van der Waals surface area contributed by atoms with Crippen LogP contribution in [-0.2, 0) is 0 Å². The van der Waals surface area contributed by atoms with E-state index in [4.69, 9.17) is 0 Å². The molecular formula is C17H26N2O. The predicted octanol–water partition coefficient (Wildman–Crippen LogP) is 2.85. The fourth-order valence-corrected chi connectivity index (χ4v) is 2.80. The van der Waals surface area contributed by atoms with Crippen molar-refractivity contribution in [3.05, 3.63) is 35.4 Å². The first-order valence-electron chi connectivity index (χ1n) is 7.77. The molecule has 1 amide bonds. The van der Waals surface area contributed by atoms with Crippen molar-refractivity contribution in [2.24, 2.45) is 5.92 Å². The Balaban J connectivity index is 2.02. The predicted molar refractivity (Wildman–Crippen MR) is 83.0 cm³/mol. The topological polar surface area (TPSA) is 32.3 Å². The average Bonchev–Trinajstić information content (AvgIpc) is 2.48. The molecule has 0 saturated carbocycles. The van der Waals surface area contributed by atoms with Crippen LogP contribution in [0.3, 0.4) is 0 Å². The highest BCUT2D eigenvalue weighted by Gasteiger charge is 2.21. The lowest BCUT2D eigenvalue weighted by Gasteiger charge is -2.30. The van der Waals surface area contributed by atoms with Crippen LogP contribution in [0.2, 0.25) is 0 Å². The van der Waals surface area contributed by atoms with Crippen LogP contribution in [-0.4, -0.2) is 37.0 Å². The average molecular weight is 274 g/mol. The first kappa shape index (κ1) is 15.0. The van der Waals surface area contributed by atoms with Crippen molar-refractivity contribution >= 4 is 5.91 Å². The summed E-state index contributed by atoms with van der Waals surface area (Å²) in [5.41, 5.74) is 2.01. The van der Waals surface area contributed by atoms with Crippen molar-refractivity contribution < 1.29 is 4.79 Å². The first-order valence-corrected chi connectivity index (χ1v) is 7.77. The maximum absolute atomic E-state index is 12.6. The molecule has 2 rings (SSSR count). The van der Waals surface area contributed by atoms with Crippen LogP contribution in [0.15, 0.2) is 24.3 Å². The Morgan fingerprint density at radius 1 is 1.25 bits per heavy atom. The monoisotopic (exact) mass is 274 g/mol. The molecule has 1 aromatic rings. The number of piperidine rings is 1. The van der Waals surface area contributed by atoms with E-state index in [-0.39, 0.29) is 5.91 Å². The molecule has 3 nitrogen and oxygen atoms in total. The van der Waals surface area contributed by atoms with E-state index in [1.807, 2.05) is 36.1 Å². The molecule has 0 atom stereocenters. The Morgan fingerprint density at radius 3 is 2.50 bits per heavy atom. The summed E-state index contributed by atoms with van der Waals surface area (Å²) < 4.78 is 0. The van der Waals surface area contributed by atoms with Gasteiger partial charge in [0.05, 0.1) is 0 Å². The van der Waals surface area contributed by atoms with E-state index < -0.39 is 0 Å². The van der Waals surface area contributed by atoms with Crippen LogP contribution < -0.4 is 5.32 Å². The number of benzene rings is 1. The van der Waals surface area contributed by atoms with Gasteiger partial charge in [-0.2, -0.15) is 0 Å². The van der Waals surface area contributed by atoms with Crippen molar-refractivity contribution in [2.45, 2.75) is 33.1 Å². The molecule has 0 aliphatic carbocycles. The smallest absolute Gasteiger partial charge is 0.253 e. The molecule has 1 fully saturated rings. The molecule has 1 aliphatic rings. The normalized spacial score (nSPS) is 16.1. The lowest BCUT2D eigenvalue weighted by atomic mass is 9.97. The standard InChI is InChI=1S/C17H26N2O/c1-3-12-19(13-15-8-10-18-11-9-15)17(20)16-6-4-14(2)5-7-16/h4-7,15,18H,3,8-13H2,1-2H3. The molecule has 1 N–H and O–H groups in total. The quantitative estimate of drug-likeness (QED) is 0.895. The Morgan fingerprint density at radius 2 is 1.90 bits per heavy atom. The van der Waals surface area contributed by atoms with E-state index in [2.05, 4.69) is 12.2 Å². The molecule has 1 saturated heterocycles. The van der Waals surface area contributed by atoms with Crippen molar-refractivity contribution in [3.63, 3.8) is 0 Å². The lowest BCUT2D eigenvalue weighted by molar-refractivity contribution is 0.0716. The molecule has 1 heterocycles. The highest BCUT2D eigenvalue weighted by molar-refractivity contribution is 5.94. The van der Waals surface area contributed by atoms with E-state index in [9.17, 15) is 4.79 Å². The van der Waals surface area contributed by atoms with E-state index in [1.54, 1.807) is 0 Å². The number of nitrogens with zero attached hydrogens (tertiary/aromatic N) is 1. The van der Waals surface area contributed by atoms with Gasteiger partial charge in [0, 0.05) is 18.7 Å². The second-order valence-corrected chi connectivity index (χ2v) is 5.81. The van der Waals surface area contributed by atoms with Gasteiger partial charge in [0.2, 0.25) is 0 Å². The molecule has 1 aromatic carbocycles. The maximum Gasteiger partial charge on any atom is 0.253 e. The first-order chi connectivity index (χ1) is 9.70. The zero-order valence-corrected chi connectivity index (χ0v) is 12.7. The van der Waals surface area contributed by atoms with Gasteiger partial charge < -0.3 is 10.2 Å². The molecule has 3 heteroatoms. The van der Waals surface area contributed by atoms with Gasteiger partial charge in [-0.05, 0) is 57.3 Å². The number of carbonyl (C=O) groups excluding carboxylic acids is 1. The number of hydrogen-bond donors (Lipinski definition) is 1. The molecule has 0 bridgehead atoms. The number of nitrogens with one attached hydrogen (secondary N) is 1. The van der Waals surface area contributed by atoms with Gasteiger partial charge in [-0.25, -0.2) is 0 Å².